The SMILES string of the molecule is c1n[nH]c2c1C1CNCC2C1. The largest absolute Gasteiger partial charge is 0.315 e. The Morgan fingerprint density at radius 2 is 2.27 bits per heavy atom. The van der Waals surface area contributed by atoms with Gasteiger partial charge in [-0.2, -0.15) is 5.10 Å². The normalized spacial score (nSPS) is 33.8. The van der Waals surface area contributed by atoms with Crippen LogP contribution in [0.15, 0.2) is 6.20 Å². The van der Waals surface area contributed by atoms with E-state index in [4.69, 9.17) is 0 Å². The van der Waals surface area contributed by atoms with Crippen LogP contribution in [0.1, 0.15) is 29.5 Å². The van der Waals surface area contributed by atoms with Crippen molar-refractivity contribution >= 4 is 0 Å². The average Bonchev–Trinajstić information content (AvgIpc) is 2.58. The third kappa shape index (κ3) is 0.639. The lowest BCUT2D eigenvalue weighted by atomic mass is 9.98. The second-order valence-electron chi connectivity index (χ2n) is 3.53. The average molecular weight is 149 g/mol. The number of nitrogens with one attached hydrogen (secondary N) is 2. The Labute approximate surface area is 65.2 Å². The third-order valence-corrected chi connectivity index (χ3v) is 2.90. The summed E-state index contributed by atoms with van der Waals surface area (Å²) in [4.78, 5) is 0. The van der Waals surface area contributed by atoms with Crippen molar-refractivity contribution in [2.24, 2.45) is 0 Å². The van der Waals surface area contributed by atoms with Gasteiger partial charge < -0.3 is 5.32 Å². The zero-order valence-corrected chi connectivity index (χ0v) is 6.30. The fraction of sp³-hybridized carbons (Fsp3) is 0.625. The van der Waals surface area contributed by atoms with Crippen molar-refractivity contribution in [3.05, 3.63) is 17.5 Å². The Kier molecular flexibility index (Phi) is 0.973. The van der Waals surface area contributed by atoms with Crippen molar-refractivity contribution < 1.29 is 0 Å². The Morgan fingerprint density at radius 1 is 1.36 bits per heavy atom. The zero-order chi connectivity index (χ0) is 7.26. The Morgan fingerprint density at radius 3 is 3.27 bits per heavy atom. The molecule has 58 valence electrons. The number of aromatic nitrogens is 2. The fourth-order valence-electron chi connectivity index (χ4n) is 2.36. The van der Waals surface area contributed by atoms with Crippen molar-refractivity contribution in [2.75, 3.05) is 13.1 Å². The summed E-state index contributed by atoms with van der Waals surface area (Å²) in [5.74, 6) is 1.45. The molecule has 1 aliphatic carbocycles. The number of rotatable bonds is 0. The summed E-state index contributed by atoms with van der Waals surface area (Å²) in [6.45, 7) is 2.27. The molecule has 1 aliphatic heterocycles. The van der Waals surface area contributed by atoms with Crippen LogP contribution in [0.5, 0.6) is 0 Å². The van der Waals surface area contributed by atoms with Gasteiger partial charge in [0.1, 0.15) is 0 Å². The molecule has 0 amide bonds. The number of piperidine rings is 1. The van der Waals surface area contributed by atoms with E-state index in [9.17, 15) is 0 Å². The van der Waals surface area contributed by atoms with Gasteiger partial charge >= 0.3 is 0 Å². The Bertz CT molecular complexity index is 254. The second kappa shape index (κ2) is 1.85. The van der Waals surface area contributed by atoms with Gasteiger partial charge in [-0.3, -0.25) is 5.10 Å². The predicted molar refractivity (Wildman–Crippen MR) is 41.6 cm³/mol. The van der Waals surface area contributed by atoms with Gasteiger partial charge in [0.2, 0.25) is 0 Å². The highest BCUT2D eigenvalue weighted by Crippen LogP contribution is 2.41. The maximum Gasteiger partial charge on any atom is 0.0525 e. The topological polar surface area (TPSA) is 40.7 Å². The summed E-state index contributed by atoms with van der Waals surface area (Å²) >= 11 is 0. The molecule has 2 unspecified atom stereocenters. The first-order valence-electron chi connectivity index (χ1n) is 4.19. The molecule has 2 atom stereocenters. The molecule has 1 fully saturated rings. The molecule has 11 heavy (non-hydrogen) atoms. The van der Waals surface area contributed by atoms with E-state index in [-0.39, 0.29) is 0 Å². The third-order valence-electron chi connectivity index (χ3n) is 2.90. The summed E-state index contributed by atoms with van der Waals surface area (Å²) < 4.78 is 0. The molecule has 0 spiro atoms. The summed E-state index contributed by atoms with van der Waals surface area (Å²) in [5, 5.41) is 10.6. The van der Waals surface area contributed by atoms with Crippen LogP contribution in [0, 0.1) is 0 Å². The number of H-pyrrole nitrogens is 1. The van der Waals surface area contributed by atoms with Crippen LogP contribution in [0.4, 0.5) is 0 Å². The van der Waals surface area contributed by atoms with E-state index in [0.29, 0.717) is 5.92 Å². The minimum Gasteiger partial charge on any atom is -0.315 e. The number of hydrogen-bond donors (Lipinski definition) is 2. The van der Waals surface area contributed by atoms with Crippen LogP contribution in [0.25, 0.3) is 0 Å². The van der Waals surface area contributed by atoms with Gasteiger partial charge in [0.25, 0.3) is 0 Å². The Hall–Kier alpha value is -0.830. The van der Waals surface area contributed by atoms with Crippen molar-refractivity contribution in [2.45, 2.75) is 18.3 Å². The lowest BCUT2D eigenvalue weighted by molar-refractivity contribution is 0.447. The quantitative estimate of drug-likeness (QED) is 0.566. The molecular weight excluding hydrogens is 138 g/mol. The lowest BCUT2D eigenvalue weighted by Crippen LogP contribution is -2.29. The maximum absolute atomic E-state index is 4.07. The zero-order valence-electron chi connectivity index (χ0n) is 6.30. The molecule has 0 radical (unpaired) electrons. The summed E-state index contributed by atoms with van der Waals surface area (Å²) in [5.41, 5.74) is 2.85. The number of aromatic amines is 1. The number of hydrogen-bond acceptors (Lipinski definition) is 2. The molecule has 3 rings (SSSR count). The van der Waals surface area contributed by atoms with Crippen LogP contribution in [-0.4, -0.2) is 23.3 Å². The minimum absolute atomic E-state index is 0.714. The van der Waals surface area contributed by atoms with Crippen molar-refractivity contribution in [3.8, 4) is 0 Å². The first-order chi connectivity index (χ1) is 5.45. The van der Waals surface area contributed by atoms with E-state index in [2.05, 4.69) is 15.5 Å². The first kappa shape index (κ1) is 5.77. The van der Waals surface area contributed by atoms with Gasteiger partial charge in [-0.1, -0.05) is 0 Å². The van der Waals surface area contributed by atoms with E-state index >= 15 is 0 Å². The molecule has 1 saturated heterocycles. The van der Waals surface area contributed by atoms with Gasteiger partial charge in [-0.15, -0.1) is 0 Å². The molecule has 1 aromatic rings. The van der Waals surface area contributed by atoms with E-state index < -0.39 is 0 Å². The van der Waals surface area contributed by atoms with Gasteiger partial charge in [-0.05, 0) is 12.0 Å². The fourth-order valence-corrected chi connectivity index (χ4v) is 2.36. The smallest absolute Gasteiger partial charge is 0.0525 e. The highest BCUT2D eigenvalue weighted by molar-refractivity contribution is 5.33. The van der Waals surface area contributed by atoms with E-state index in [1.807, 2.05) is 6.20 Å². The van der Waals surface area contributed by atoms with Crippen LogP contribution < -0.4 is 5.32 Å². The lowest BCUT2D eigenvalue weighted by Gasteiger charge is -2.19. The van der Waals surface area contributed by atoms with Crippen molar-refractivity contribution in [3.63, 3.8) is 0 Å². The molecule has 3 nitrogen and oxygen atoms in total. The molecular formula is C8H11N3. The minimum atomic E-state index is 0.714. The number of nitrogens with zero attached hydrogens (tertiary/aromatic N) is 1. The Balaban J connectivity index is 2.15. The summed E-state index contributed by atoms with van der Waals surface area (Å²) in [6.07, 6.45) is 3.32. The molecule has 0 aromatic carbocycles. The molecule has 2 aliphatic rings. The van der Waals surface area contributed by atoms with Crippen LogP contribution in [-0.2, 0) is 0 Å². The first-order valence-corrected chi connectivity index (χ1v) is 4.19. The highest BCUT2D eigenvalue weighted by Gasteiger charge is 2.35. The van der Waals surface area contributed by atoms with Crippen LogP contribution in [0.3, 0.4) is 0 Å². The van der Waals surface area contributed by atoms with Gasteiger partial charge in [0, 0.05) is 30.6 Å². The van der Waals surface area contributed by atoms with E-state index in [1.165, 1.54) is 17.7 Å². The van der Waals surface area contributed by atoms with E-state index in [1.54, 1.807) is 0 Å². The van der Waals surface area contributed by atoms with Gasteiger partial charge in [0.15, 0.2) is 0 Å². The molecule has 2 heterocycles. The predicted octanol–water partition coefficient (Wildman–Crippen LogP) is 0.584. The molecule has 2 N–H and O–H groups in total. The monoisotopic (exact) mass is 149 g/mol. The molecule has 2 bridgehead atoms. The maximum atomic E-state index is 4.07. The van der Waals surface area contributed by atoms with Crippen molar-refractivity contribution in [1.82, 2.24) is 15.5 Å². The molecule has 3 heteroatoms. The second-order valence-corrected chi connectivity index (χ2v) is 3.53. The van der Waals surface area contributed by atoms with Crippen molar-refractivity contribution in [1.29, 1.82) is 0 Å². The van der Waals surface area contributed by atoms with E-state index in [0.717, 1.165) is 19.0 Å². The van der Waals surface area contributed by atoms with Gasteiger partial charge in [0.05, 0.1) is 6.20 Å². The highest BCUT2D eigenvalue weighted by atomic mass is 15.1. The van der Waals surface area contributed by atoms with Gasteiger partial charge in [-0.25, -0.2) is 0 Å². The van der Waals surface area contributed by atoms with Crippen LogP contribution >= 0.6 is 0 Å². The standard InChI is InChI=1S/C8H11N3/c1-5-2-9-3-6(1)8-7(5)4-10-11-8/h4-6,9H,1-3H2,(H,10,11). The molecule has 0 saturated carbocycles. The summed E-state index contributed by atoms with van der Waals surface area (Å²) in [6, 6.07) is 0. The summed E-state index contributed by atoms with van der Waals surface area (Å²) in [7, 11) is 0. The number of fused-ring (bicyclic) bond motifs is 5. The van der Waals surface area contributed by atoms with Crippen LogP contribution in [0.2, 0.25) is 0 Å². The molecule has 1 aromatic heterocycles.